The molecule has 7 atom stereocenters. The molecule has 0 spiro atoms. The van der Waals surface area contributed by atoms with Gasteiger partial charge in [-0.1, -0.05) is 19.4 Å². The molecule has 2 bridgehead atoms. The molecule has 7 nitrogen and oxygen atoms in total. The monoisotopic (exact) mass is 462 g/mol. The number of rotatable bonds is 3. The summed E-state index contributed by atoms with van der Waals surface area (Å²) < 4.78 is 17.1. The Morgan fingerprint density at radius 3 is 2.62 bits per heavy atom. The van der Waals surface area contributed by atoms with Gasteiger partial charge in [0.05, 0.1) is 18.1 Å². The minimum Gasteiger partial charge on any atom is -0.508 e. The summed E-state index contributed by atoms with van der Waals surface area (Å²) in [5.74, 6) is -1.41. The summed E-state index contributed by atoms with van der Waals surface area (Å²) in [5.41, 5.74) is 2.00. The van der Waals surface area contributed by atoms with Crippen molar-refractivity contribution in [2.45, 2.75) is 51.2 Å². The third-order valence-corrected chi connectivity index (χ3v) is 8.56. The highest BCUT2D eigenvalue weighted by Gasteiger charge is 2.70. The Hall–Kier alpha value is -3.35. The molecule has 2 heterocycles. The lowest BCUT2D eigenvalue weighted by Crippen LogP contribution is -2.52. The van der Waals surface area contributed by atoms with E-state index < -0.39 is 17.5 Å². The lowest BCUT2D eigenvalue weighted by Gasteiger charge is -2.47. The fourth-order valence-corrected chi connectivity index (χ4v) is 7.11. The zero-order valence-electron chi connectivity index (χ0n) is 19.0. The highest BCUT2D eigenvalue weighted by atomic mass is 16.6. The molecule has 34 heavy (non-hydrogen) atoms. The summed E-state index contributed by atoms with van der Waals surface area (Å²) in [6.45, 7) is 3.92. The molecule has 7 unspecified atom stereocenters. The number of aromatic hydroxyl groups is 1. The third kappa shape index (κ3) is 2.73. The number of hydrogen-bond acceptors (Lipinski definition) is 7. The number of Topliss-reactive ketones (excluding diaryl/α,β-unsaturated/α-hetero) is 1. The Labute approximate surface area is 196 Å². The second-order valence-corrected chi connectivity index (χ2v) is 10.1. The van der Waals surface area contributed by atoms with E-state index >= 15 is 0 Å². The Morgan fingerprint density at radius 1 is 1.15 bits per heavy atom. The number of ketones is 1. The predicted molar refractivity (Wildman–Crippen MR) is 119 cm³/mol. The second-order valence-electron chi connectivity index (χ2n) is 10.1. The largest absolute Gasteiger partial charge is 0.508 e. The molecular formula is C27H26O7. The van der Waals surface area contributed by atoms with E-state index in [1.165, 1.54) is 24.3 Å². The van der Waals surface area contributed by atoms with Crippen LogP contribution in [0.5, 0.6) is 5.75 Å². The van der Waals surface area contributed by atoms with Crippen molar-refractivity contribution in [2.24, 2.45) is 23.2 Å². The summed E-state index contributed by atoms with van der Waals surface area (Å²) in [6, 6.07) is 7.83. The number of esters is 2. The van der Waals surface area contributed by atoms with Crippen molar-refractivity contribution in [1.29, 1.82) is 0 Å². The smallest absolute Gasteiger partial charge is 0.338 e. The molecule has 0 radical (unpaired) electrons. The average Bonchev–Trinajstić information content (AvgIpc) is 3.47. The number of furan rings is 1. The minimum absolute atomic E-state index is 0.0234. The summed E-state index contributed by atoms with van der Waals surface area (Å²) >= 11 is 0. The Bertz CT molecular complexity index is 1210. The summed E-state index contributed by atoms with van der Waals surface area (Å²) in [4.78, 5) is 39.7. The van der Waals surface area contributed by atoms with Crippen LogP contribution < -0.4 is 0 Å². The van der Waals surface area contributed by atoms with Crippen LogP contribution in [0.2, 0.25) is 0 Å². The molecule has 1 aromatic heterocycles. The van der Waals surface area contributed by atoms with Crippen molar-refractivity contribution < 1.29 is 33.4 Å². The lowest BCUT2D eigenvalue weighted by molar-refractivity contribution is -0.149. The third-order valence-electron chi connectivity index (χ3n) is 8.56. The first-order valence-corrected chi connectivity index (χ1v) is 11.8. The zero-order valence-corrected chi connectivity index (χ0v) is 19.0. The van der Waals surface area contributed by atoms with Crippen molar-refractivity contribution in [3.05, 3.63) is 65.1 Å². The summed E-state index contributed by atoms with van der Waals surface area (Å²) in [6.07, 6.45) is 3.96. The fraction of sp³-hybridized carbons (Fsp3) is 0.444. The van der Waals surface area contributed by atoms with Gasteiger partial charge in [-0.2, -0.15) is 0 Å². The van der Waals surface area contributed by atoms with E-state index in [-0.39, 0.29) is 47.3 Å². The van der Waals surface area contributed by atoms with Gasteiger partial charge in [0.1, 0.15) is 23.4 Å². The van der Waals surface area contributed by atoms with E-state index in [4.69, 9.17) is 13.9 Å². The first-order chi connectivity index (χ1) is 16.3. The first-order valence-electron chi connectivity index (χ1n) is 11.8. The van der Waals surface area contributed by atoms with Gasteiger partial charge in [0.15, 0.2) is 5.78 Å². The molecule has 1 N–H and O–H groups in total. The normalized spacial score (nSPS) is 36.2. The van der Waals surface area contributed by atoms with Crippen molar-refractivity contribution in [2.75, 3.05) is 0 Å². The van der Waals surface area contributed by atoms with E-state index in [1.807, 2.05) is 19.9 Å². The zero-order chi connectivity index (χ0) is 23.8. The molecule has 3 aliphatic carbocycles. The second kappa shape index (κ2) is 7.32. The van der Waals surface area contributed by atoms with Crippen LogP contribution in [0.4, 0.5) is 0 Å². The highest BCUT2D eigenvalue weighted by Crippen LogP contribution is 2.65. The molecular weight excluding hydrogens is 436 g/mol. The van der Waals surface area contributed by atoms with Crippen LogP contribution in [0.25, 0.3) is 0 Å². The Kier molecular flexibility index (Phi) is 4.57. The molecule has 1 aromatic carbocycles. The summed E-state index contributed by atoms with van der Waals surface area (Å²) in [7, 11) is 0. The van der Waals surface area contributed by atoms with Gasteiger partial charge in [-0.3, -0.25) is 9.59 Å². The van der Waals surface area contributed by atoms with E-state index in [1.54, 1.807) is 12.5 Å². The molecule has 1 aliphatic heterocycles. The van der Waals surface area contributed by atoms with Crippen LogP contribution in [0.15, 0.2) is 58.4 Å². The van der Waals surface area contributed by atoms with Gasteiger partial charge in [-0.05, 0) is 48.7 Å². The van der Waals surface area contributed by atoms with E-state index in [0.717, 1.165) is 11.1 Å². The highest BCUT2D eigenvalue weighted by molar-refractivity contribution is 6.09. The maximum atomic E-state index is 13.6. The number of ether oxygens (including phenoxy) is 2. The average molecular weight is 462 g/mol. The molecule has 4 aliphatic rings. The van der Waals surface area contributed by atoms with Crippen molar-refractivity contribution in [1.82, 2.24) is 0 Å². The molecule has 6 rings (SSSR count). The van der Waals surface area contributed by atoms with Crippen LogP contribution in [0, 0.1) is 23.2 Å². The van der Waals surface area contributed by atoms with Gasteiger partial charge in [0.25, 0.3) is 0 Å². The van der Waals surface area contributed by atoms with Crippen molar-refractivity contribution >= 4 is 17.7 Å². The topological polar surface area (TPSA) is 103 Å². The number of phenols is 1. The maximum absolute atomic E-state index is 13.6. The minimum atomic E-state index is -0.969. The van der Waals surface area contributed by atoms with E-state index in [0.29, 0.717) is 30.4 Å². The lowest BCUT2D eigenvalue weighted by atomic mass is 9.54. The Balaban J connectivity index is 1.34. The van der Waals surface area contributed by atoms with Crippen molar-refractivity contribution in [3.63, 3.8) is 0 Å². The van der Waals surface area contributed by atoms with Gasteiger partial charge < -0.3 is 19.0 Å². The van der Waals surface area contributed by atoms with Crippen LogP contribution >= 0.6 is 0 Å². The van der Waals surface area contributed by atoms with Crippen molar-refractivity contribution in [3.8, 4) is 5.75 Å². The number of carbonyl (C=O) groups is 3. The quantitative estimate of drug-likeness (QED) is 0.683. The van der Waals surface area contributed by atoms with Crippen LogP contribution in [-0.2, 0) is 19.1 Å². The molecule has 7 heteroatoms. The molecule has 2 aromatic rings. The molecule has 2 fully saturated rings. The molecule has 0 amide bonds. The number of hydrogen-bond donors (Lipinski definition) is 1. The number of benzene rings is 1. The molecule has 176 valence electrons. The molecule has 1 saturated carbocycles. The van der Waals surface area contributed by atoms with Gasteiger partial charge in [-0.25, -0.2) is 4.79 Å². The fourth-order valence-electron chi connectivity index (χ4n) is 7.11. The van der Waals surface area contributed by atoms with E-state index in [2.05, 4.69) is 0 Å². The van der Waals surface area contributed by atoms with Gasteiger partial charge >= 0.3 is 11.9 Å². The Morgan fingerprint density at radius 2 is 1.91 bits per heavy atom. The van der Waals surface area contributed by atoms with Crippen LogP contribution in [0.1, 0.15) is 54.9 Å². The van der Waals surface area contributed by atoms with Gasteiger partial charge in [0.2, 0.25) is 0 Å². The SMILES string of the molecule is CC1C(=O)C2=C(CC3OC(=O)C24CCC(OC(=O)c2ccc(O)cc2)C(C)C34)C1c1ccoc1. The van der Waals surface area contributed by atoms with E-state index in [9.17, 15) is 19.5 Å². The number of phenolic OH excluding ortho intramolecular Hbond substituents is 1. The number of carbonyl (C=O) groups excluding carboxylic acids is 3. The standard InChI is InChI=1S/C27H26O7/c1-13-19(33-25(30)15-3-5-17(28)6-4-15)7-9-27-22(13)20(34-26(27)31)11-18-21(16-8-10-32-12-16)14(2)24(29)23(18)27/h3-6,8,10,12-14,19-22,28H,7,9,11H2,1-2H3. The molecule has 1 saturated heterocycles. The predicted octanol–water partition coefficient (Wildman–Crippen LogP) is 4.17. The van der Waals surface area contributed by atoms with Gasteiger partial charge in [-0.15, -0.1) is 0 Å². The first kappa shape index (κ1) is 21.2. The van der Waals surface area contributed by atoms with Crippen LogP contribution in [0.3, 0.4) is 0 Å². The maximum Gasteiger partial charge on any atom is 0.338 e. The summed E-state index contributed by atoms with van der Waals surface area (Å²) in [5, 5.41) is 9.48. The van der Waals surface area contributed by atoms with Crippen LogP contribution in [-0.4, -0.2) is 35.0 Å². The van der Waals surface area contributed by atoms with Gasteiger partial charge in [0, 0.05) is 35.7 Å².